The van der Waals surface area contributed by atoms with Crippen LogP contribution in [0.3, 0.4) is 0 Å². The van der Waals surface area contributed by atoms with Crippen LogP contribution in [0.15, 0.2) is 52.8 Å². The molecule has 0 aliphatic carbocycles. The molecule has 22 heavy (non-hydrogen) atoms. The summed E-state index contributed by atoms with van der Waals surface area (Å²) in [7, 11) is 0. The molecular formula is C16H17N3OS2. The maximum atomic E-state index is 12.6. The molecule has 0 saturated heterocycles. The van der Waals surface area contributed by atoms with Gasteiger partial charge in [0.05, 0.1) is 11.4 Å². The van der Waals surface area contributed by atoms with E-state index in [0.717, 1.165) is 18.7 Å². The predicted molar refractivity (Wildman–Crippen MR) is 91.5 cm³/mol. The van der Waals surface area contributed by atoms with Gasteiger partial charge in [-0.25, -0.2) is 9.97 Å². The summed E-state index contributed by atoms with van der Waals surface area (Å²) in [5.74, 6) is 0.469. The number of carbonyl (C=O) groups is 1. The molecule has 2 aromatic rings. The van der Waals surface area contributed by atoms with E-state index in [0.29, 0.717) is 16.2 Å². The topological polar surface area (TPSA) is 46.1 Å². The Morgan fingerprint density at radius 1 is 1.32 bits per heavy atom. The average molecular weight is 331 g/mol. The Labute approximate surface area is 138 Å². The lowest BCUT2D eigenvalue weighted by Crippen LogP contribution is -2.33. The number of thioether (sulfide) groups is 2. The second kappa shape index (κ2) is 7.15. The van der Waals surface area contributed by atoms with Crippen LogP contribution in [0.4, 0.5) is 5.69 Å². The van der Waals surface area contributed by atoms with Crippen molar-refractivity contribution in [2.24, 2.45) is 0 Å². The maximum absolute atomic E-state index is 12.6. The minimum absolute atomic E-state index is 0.111. The number of hydrogen-bond donors (Lipinski definition) is 0. The van der Waals surface area contributed by atoms with Gasteiger partial charge in [-0.3, -0.25) is 4.79 Å². The first-order valence-electron chi connectivity index (χ1n) is 7.20. The van der Waals surface area contributed by atoms with Crippen molar-refractivity contribution in [3.8, 4) is 0 Å². The second-order valence-corrected chi connectivity index (χ2v) is 7.47. The van der Waals surface area contributed by atoms with E-state index in [-0.39, 0.29) is 5.91 Å². The fourth-order valence-corrected chi connectivity index (χ4v) is 4.10. The van der Waals surface area contributed by atoms with E-state index in [1.165, 1.54) is 16.7 Å². The quantitative estimate of drug-likeness (QED) is 0.636. The first-order valence-corrected chi connectivity index (χ1v) is 9.06. The predicted octanol–water partition coefficient (Wildman–Crippen LogP) is 3.49. The first kappa shape index (κ1) is 15.4. The standard InChI is InChI=1S/C16H17N3OS2/c1-12-7-10-19(13-5-2-3-6-14(13)22-12)15(20)11-21-16-17-8-4-9-18-16/h2-6,8-9,12H,7,10-11H2,1H3/t12-/m0/s1. The number of rotatable bonds is 3. The molecule has 1 amide bonds. The van der Waals surface area contributed by atoms with Crippen LogP contribution in [0.2, 0.25) is 0 Å². The molecule has 3 rings (SSSR count). The molecule has 1 aliphatic heterocycles. The Bertz CT molecular complexity index is 651. The summed E-state index contributed by atoms with van der Waals surface area (Å²) in [6.45, 7) is 2.97. The molecule has 1 aromatic carbocycles. The zero-order valence-electron chi connectivity index (χ0n) is 12.3. The van der Waals surface area contributed by atoms with Gasteiger partial charge >= 0.3 is 0 Å². The lowest BCUT2D eigenvalue weighted by atomic mass is 10.2. The smallest absolute Gasteiger partial charge is 0.237 e. The van der Waals surface area contributed by atoms with Crippen LogP contribution < -0.4 is 4.90 Å². The molecule has 1 atom stereocenters. The molecular weight excluding hydrogens is 314 g/mol. The van der Waals surface area contributed by atoms with Crippen molar-refractivity contribution in [2.75, 3.05) is 17.2 Å². The van der Waals surface area contributed by atoms with E-state index in [4.69, 9.17) is 0 Å². The molecule has 6 heteroatoms. The molecule has 0 saturated carbocycles. The third-order valence-electron chi connectivity index (χ3n) is 3.41. The summed E-state index contributed by atoms with van der Waals surface area (Å²) in [5, 5.41) is 1.16. The molecule has 1 aromatic heterocycles. The normalized spacial score (nSPS) is 17.7. The van der Waals surface area contributed by atoms with E-state index in [2.05, 4.69) is 23.0 Å². The fraction of sp³-hybridized carbons (Fsp3) is 0.312. The van der Waals surface area contributed by atoms with Crippen LogP contribution >= 0.6 is 23.5 Å². The number of para-hydroxylation sites is 1. The number of aromatic nitrogens is 2. The van der Waals surface area contributed by atoms with Crippen LogP contribution in [0.1, 0.15) is 13.3 Å². The van der Waals surface area contributed by atoms with Crippen molar-refractivity contribution < 1.29 is 4.79 Å². The minimum Gasteiger partial charge on any atom is -0.311 e. The largest absolute Gasteiger partial charge is 0.311 e. The van der Waals surface area contributed by atoms with E-state index >= 15 is 0 Å². The van der Waals surface area contributed by atoms with Crippen LogP contribution in [0.25, 0.3) is 0 Å². The summed E-state index contributed by atoms with van der Waals surface area (Å²) >= 11 is 3.23. The van der Waals surface area contributed by atoms with E-state index in [9.17, 15) is 4.79 Å². The van der Waals surface area contributed by atoms with Gasteiger partial charge in [-0.1, -0.05) is 30.8 Å². The molecule has 0 spiro atoms. The minimum atomic E-state index is 0.111. The highest BCUT2D eigenvalue weighted by molar-refractivity contribution is 8.00. The third kappa shape index (κ3) is 3.62. The van der Waals surface area contributed by atoms with Crippen molar-refractivity contribution in [3.05, 3.63) is 42.7 Å². The summed E-state index contributed by atoms with van der Waals surface area (Å²) in [5.41, 5.74) is 1.02. The highest BCUT2D eigenvalue weighted by Gasteiger charge is 2.24. The zero-order valence-corrected chi connectivity index (χ0v) is 13.9. The lowest BCUT2D eigenvalue weighted by Gasteiger charge is -2.22. The summed E-state index contributed by atoms with van der Waals surface area (Å²) in [6, 6.07) is 9.91. The van der Waals surface area contributed by atoms with Crippen molar-refractivity contribution in [1.29, 1.82) is 0 Å². The van der Waals surface area contributed by atoms with Crippen LogP contribution in [-0.4, -0.2) is 33.4 Å². The van der Waals surface area contributed by atoms with Gasteiger partial charge in [-0.15, -0.1) is 11.8 Å². The number of fused-ring (bicyclic) bond motifs is 1. The van der Waals surface area contributed by atoms with Gasteiger partial charge < -0.3 is 4.90 Å². The number of carbonyl (C=O) groups excluding carboxylic acids is 1. The average Bonchev–Trinajstić information content (AvgIpc) is 2.72. The van der Waals surface area contributed by atoms with Crippen LogP contribution in [0.5, 0.6) is 0 Å². The first-order chi connectivity index (χ1) is 10.7. The van der Waals surface area contributed by atoms with E-state index in [1.54, 1.807) is 18.5 Å². The fourth-order valence-electron chi connectivity index (χ4n) is 2.31. The molecule has 0 N–H and O–H groups in total. The van der Waals surface area contributed by atoms with Crippen LogP contribution in [0, 0.1) is 0 Å². The molecule has 0 unspecified atom stereocenters. The Morgan fingerprint density at radius 2 is 2.09 bits per heavy atom. The molecule has 0 bridgehead atoms. The summed E-state index contributed by atoms with van der Waals surface area (Å²) in [4.78, 5) is 24.0. The van der Waals surface area contributed by atoms with E-state index in [1.807, 2.05) is 34.9 Å². The monoisotopic (exact) mass is 331 g/mol. The van der Waals surface area contributed by atoms with Crippen molar-refractivity contribution in [2.45, 2.75) is 28.6 Å². The number of amides is 1. The van der Waals surface area contributed by atoms with Gasteiger partial charge in [0.2, 0.25) is 5.91 Å². The lowest BCUT2D eigenvalue weighted by molar-refractivity contribution is -0.116. The Kier molecular flexibility index (Phi) is 5.00. The van der Waals surface area contributed by atoms with Gasteiger partial charge in [0.15, 0.2) is 5.16 Å². The molecule has 0 radical (unpaired) electrons. The number of hydrogen-bond acceptors (Lipinski definition) is 5. The summed E-state index contributed by atoms with van der Waals surface area (Å²) in [6.07, 6.45) is 4.39. The Morgan fingerprint density at radius 3 is 2.91 bits per heavy atom. The molecule has 0 fully saturated rings. The maximum Gasteiger partial charge on any atom is 0.237 e. The van der Waals surface area contributed by atoms with Crippen molar-refractivity contribution in [1.82, 2.24) is 9.97 Å². The molecule has 1 aliphatic rings. The van der Waals surface area contributed by atoms with Gasteiger partial charge in [0.1, 0.15) is 0 Å². The van der Waals surface area contributed by atoms with Gasteiger partial charge in [0.25, 0.3) is 0 Å². The van der Waals surface area contributed by atoms with Gasteiger partial charge in [0, 0.05) is 29.1 Å². The number of anilines is 1. The SMILES string of the molecule is C[C@H]1CCN(C(=O)CSc2ncccn2)c2ccccc2S1. The van der Waals surface area contributed by atoms with E-state index < -0.39 is 0 Å². The van der Waals surface area contributed by atoms with Crippen LogP contribution in [-0.2, 0) is 4.79 Å². The van der Waals surface area contributed by atoms with Crippen molar-refractivity contribution in [3.63, 3.8) is 0 Å². The van der Waals surface area contributed by atoms with Gasteiger partial charge in [-0.05, 0) is 24.6 Å². The molecule has 114 valence electrons. The highest BCUT2D eigenvalue weighted by Crippen LogP contribution is 2.37. The highest BCUT2D eigenvalue weighted by atomic mass is 32.2. The third-order valence-corrected chi connectivity index (χ3v) is 5.51. The number of nitrogens with zero attached hydrogens (tertiary/aromatic N) is 3. The Balaban J connectivity index is 1.74. The van der Waals surface area contributed by atoms with Gasteiger partial charge in [-0.2, -0.15) is 0 Å². The van der Waals surface area contributed by atoms with Crippen molar-refractivity contribution >= 4 is 35.1 Å². The number of benzene rings is 1. The Hall–Kier alpha value is -1.53. The zero-order chi connectivity index (χ0) is 15.4. The molecule has 2 heterocycles. The molecule has 4 nitrogen and oxygen atoms in total. The summed E-state index contributed by atoms with van der Waals surface area (Å²) < 4.78 is 0. The second-order valence-electron chi connectivity index (χ2n) is 5.05.